The highest BCUT2D eigenvalue weighted by Crippen LogP contribution is 2.30. The Hall–Kier alpha value is -0.160. The van der Waals surface area contributed by atoms with Crippen LogP contribution in [0.5, 0.6) is 0 Å². The van der Waals surface area contributed by atoms with E-state index in [1.54, 1.807) is 0 Å². The lowest BCUT2D eigenvalue weighted by Gasteiger charge is -2.38. The molecule has 1 N–H and O–H groups in total. The zero-order valence-corrected chi connectivity index (χ0v) is 17.8. The summed E-state index contributed by atoms with van der Waals surface area (Å²) in [5.41, 5.74) is 0. The number of aliphatic hydroxyl groups excluding tert-OH is 1. The molecular weight excluding hydrogens is 322 g/mol. The van der Waals surface area contributed by atoms with E-state index in [-0.39, 0.29) is 0 Å². The maximum Gasteiger partial charge on any atom is 0.0558 e. The maximum absolute atomic E-state index is 9.05. The van der Waals surface area contributed by atoms with E-state index in [9.17, 15) is 0 Å². The number of nitrogens with zero attached hydrogens (tertiary/aromatic N) is 3. The number of hydrogen-bond acceptors (Lipinski definition) is 4. The summed E-state index contributed by atoms with van der Waals surface area (Å²) in [5.74, 6) is 2.88. The normalized spacial score (nSPS) is 25.8. The fraction of sp³-hybridized carbons (Fsp3) is 1.00. The molecule has 154 valence electrons. The van der Waals surface area contributed by atoms with Gasteiger partial charge < -0.3 is 19.8 Å². The number of rotatable bonds is 6. The Balaban J connectivity index is 0.00000117. The van der Waals surface area contributed by atoms with Gasteiger partial charge in [-0.25, -0.2) is 0 Å². The first kappa shape index (κ1) is 22.1. The molecule has 3 aliphatic rings. The van der Waals surface area contributed by atoms with E-state index in [0.29, 0.717) is 6.61 Å². The second kappa shape index (κ2) is 12.3. The molecule has 3 heterocycles. The first-order valence-corrected chi connectivity index (χ1v) is 11.5. The summed E-state index contributed by atoms with van der Waals surface area (Å²) < 4.78 is 0. The average Bonchev–Trinajstić information content (AvgIpc) is 2.69. The molecular formula is C22H45N3O. The Morgan fingerprint density at radius 2 is 1.15 bits per heavy atom. The van der Waals surface area contributed by atoms with Crippen molar-refractivity contribution < 1.29 is 5.11 Å². The van der Waals surface area contributed by atoms with Gasteiger partial charge in [-0.2, -0.15) is 0 Å². The second-order valence-electron chi connectivity index (χ2n) is 8.73. The van der Waals surface area contributed by atoms with Crippen LogP contribution in [0, 0.1) is 17.8 Å². The largest absolute Gasteiger partial charge is 0.395 e. The highest BCUT2D eigenvalue weighted by molar-refractivity contribution is 4.80. The lowest BCUT2D eigenvalue weighted by molar-refractivity contribution is 0.104. The molecule has 3 rings (SSSR count). The maximum atomic E-state index is 9.05. The van der Waals surface area contributed by atoms with Gasteiger partial charge >= 0.3 is 0 Å². The minimum Gasteiger partial charge on any atom is -0.395 e. The standard InChI is InChI=1S/C20H39N3O.C2H6/c1-21-8-2-20(3-9-21)17-23-12-6-19(7-13-23)16-18-4-10-22(11-5-18)14-15-24;1-2/h18-20,24H,2-17H2,1H3;1-2H3. The quantitative estimate of drug-likeness (QED) is 0.781. The van der Waals surface area contributed by atoms with Crippen LogP contribution >= 0.6 is 0 Å². The van der Waals surface area contributed by atoms with Gasteiger partial charge in [0, 0.05) is 13.1 Å². The van der Waals surface area contributed by atoms with Crippen LogP contribution in [0.25, 0.3) is 0 Å². The van der Waals surface area contributed by atoms with E-state index in [1.807, 2.05) is 13.8 Å². The van der Waals surface area contributed by atoms with Gasteiger partial charge in [0.25, 0.3) is 0 Å². The van der Waals surface area contributed by atoms with Gasteiger partial charge in [0.15, 0.2) is 0 Å². The van der Waals surface area contributed by atoms with Gasteiger partial charge in [-0.15, -0.1) is 0 Å². The molecule has 0 radical (unpaired) electrons. The summed E-state index contributed by atoms with van der Waals surface area (Å²) in [7, 11) is 2.26. The molecule has 0 saturated carbocycles. The van der Waals surface area contributed by atoms with Crippen LogP contribution in [0.15, 0.2) is 0 Å². The number of β-amino-alcohol motifs (C(OH)–C–C–N with tert-alkyl or cyclic N) is 1. The van der Waals surface area contributed by atoms with E-state index < -0.39 is 0 Å². The van der Waals surface area contributed by atoms with Gasteiger partial charge in [-0.1, -0.05) is 13.8 Å². The molecule has 3 aliphatic heterocycles. The van der Waals surface area contributed by atoms with Crippen molar-refractivity contribution in [3.05, 3.63) is 0 Å². The molecule has 0 aromatic heterocycles. The molecule has 3 saturated heterocycles. The highest BCUT2D eigenvalue weighted by atomic mass is 16.3. The summed E-state index contributed by atoms with van der Waals surface area (Å²) in [5, 5.41) is 9.05. The fourth-order valence-electron chi connectivity index (χ4n) is 5.07. The SMILES string of the molecule is CC.CN1CCC(CN2CCC(CC3CCN(CCO)CC3)CC2)CC1. The molecule has 0 unspecified atom stereocenters. The number of piperidine rings is 3. The van der Waals surface area contributed by atoms with Crippen LogP contribution in [-0.2, 0) is 0 Å². The second-order valence-corrected chi connectivity index (χ2v) is 8.73. The smallest absolute Gasteiger partial charge is 0.0558 e. The minimum absolute atomic E-state index is 0.320. The molecule has 0 amide bonds. The number of likely N-dealkylation sites (tertiary alicyclic amines) is 3. The van der Waals surface area contributed by atoms with E-state index in [4.69, 9.17) is 5.11 Å². The van der Waals surface area contributed by atoms with E-state index in [0.717, 1.165) is 24.3 Å². The van der Waals surface area contributed by atoms with Gasteiger partial charge in [-0.3, -0.25) is 0 Å². The lowest BCUT2D eigenvalue weighted by Crippen LogP contribution is -2.41. The van der Waals surface area contributed by atoms with Crippen molar-refractivity contribution >= 4 is 0 Å². The van der Waals surface area contributed by atoms with Crippen molar-refractivity contribution in [3.8, 4) is 0 Å². The molecule has 26 heavy (non-hydrogen) atoms. The third-order valence-corrected chi connectivity index (χ3v) is 6.85. The average molecular weight is 368 g/mol. The Kier molecular flexibility index (Phi) is 10.5. The Labute approximate surface area is 162 Å². The fourth-order valence-corrected chi connectivity index (χ4v) is 5.07. The first-order chi connectivity index (χ1) is 12.7. The summed E-state index contributed by atoms with van der Waals surface area (Å²) in [6, 6.07) is 0. The van der Waals surface area contributed by atoms with Gasteiger partial charge in [-0.05, 0) is 109 Å². The zero-order chi connectivity index (χ0) is 18.8. The van der Waals surface area contributed by atoms with Crippen molar-refractivity contribution in [1.82, 2.24) is 14.7 Å². The molecule has 0 spiro atoms. The van der Waals surface area contributed by atoms with Gasteiger partial charge in [0.1, 0.15) is 0 Å². The van der Waals surface area contributed by atoms with Crippen LogP contribution < -0.4 is 0 Å². The summed E-state index contributed by atoms with van der Waals surface area (Å²) in [6.45, 7) is 14.3. The molecule has 3 fully saturated rings. The monoisotopic (exact) mass is 367 g/mol. The predicted molar refractivity (Wildman–Crippen MR) is 112 cm³/mol. The first-order valence-electron chi connectivity index (χ1n) is 11.5. The van der Waals surface area contributed by atoms with Gasteiger partial charge in [0.05, 0.1) is 6.61 Å². The molecule has 0 atom stereocenters. The van der Waals surface area contributed by atoms with Crippen LogP contribution in [0.1, 0.15) is 58.8 Å². The lowest BCUT2D eigenvalue weighted by atomic mass is 9.82. The molecule has 4 heteroatoms. The van der Waals surface area contributed by atoms with Crippen molar-refractivity contribution in [2.75, 3.05) is 66.0 Å². The summed E-state index contributed by atoms with van der Waals surface area (Å²) in [4.78, 5) is 7.67. The van der Waals surface area contributed by atoms with E-state index in [1.165, 1.54) is 90.8 Å². The molecule has 0 bridgehead atoms. The third-order valence-electron chi connectivity index (χ3n) is 6.85. The van der Waals surface area contributed by atoms with Gasteiger partial charge in [0.2, 0.25) is 0 Å². The van der Waals surface area contributed by atoms with E-state index >= 15 is 0 Å². The highest BCUT2D eigenvalue weighted by Gasteiger charge is 2.27. The van der Waals surface area contributed by atoms with Crippen LogP contribution in [0.2, 0.25) is 0 Å². The number of aliphatic hydroxyl groups is 1. The summed E-state index contributed by atoms with van der Waals surface area (Å²) in [6.07, 6.45) is 9.86. The topological polar surface area (TPSA) is 30.0 Å². The minimum atomic E-state index is 0.320. The molecule has 0 aromatic carbocycles. The summed E-state index contributed by atoms with van der Waals surface area (Å²) >= 11 is 0. The van der Waals surface area contributed by atoms with Crippen molar-refractivity contribution in [2.45, 2.75) is 58.8 Å². The molecule has 4 nitrogen and oxygen atoms in total. The third kappa shape index (κ3) is 7.46. The van der Waals surface area contributed by atoms with Crippen molar-refractivity contribution in [2.24, 2.45) is 17.8 Å². The van der Waals surface area contributed by atoms with Crippen LogP contribution in [0.4, 0.5) is 0 Å². The predicted octanol–water partition coefficient (Wildman–Crippen LogP) is 3.16. The Bertz CT molecular complexity index is 341. The Morgan fingerprint density at radius 3 is 1.65 bits per heavy atom. The van der Waals surface area contributed by atoms with Crippen LogP contribution in [0.3, 0.4) is 0 Å². The van der Waals surface area contributed by atoms with Crippen molar-refractivity contribution in [3.63, 3.8) is 0 Å². The van der Waals surface area contributed by atoms with Crippen molar-refractivity contribution in [1.29, 1.82) is 0 Å². The van der Waals surface area contributed by atoms with Crippen LogP contribution in [-0.4, -0.2) is 85.8 Å². The molecule has 0 aliphatic carbocycles. The number of hydrogen-bond donors (Lipinski definition) is 1. The molecule has 0 aromatic rings. The zero-order valence-electron chi connectivity index (χ0n) is 17.8. The Morgan fingerprint density at radius 1 is 0.692 bits per heavy atom. The van der Waals surface area contributed by atoms with E-state index in [2.05, 4.69) is 21.7 Å².